The van der Waals surface area contributed by atoms with Gasteiger partial charge in [0.25, 0.3) is 0 Å². The first-order valence-corrected chi connectivity index (χ1v) is 7.02. The van der Waals surface area contributed by atoms with Crippen molar-refractivity contribution >= 4 is 17.3 Å². The van der Waals surface area contributed by atoms with E-state index in [0.29, 0.717) is 18.2 Å². The second kappa shape index (κ2) is 6.51. The summed E-state index contributed by atoms with van der Waals surface area (Å²) in [6.07, 6.45) is 3.96. The molecule has 2 aromatic heterocycles. The molecule has 0 aliphatic carbocycles. The lowest BCUT2D eigenvalue weighted by Gasteiger charge is -2.08. The highest BCUT2D eigenvalue weighted by molar-refractivity contribution is 7.80. The minimum Gasteiger partial charge on any atom is -0.359 e. The zero-order valence-corrected chi connectivity index (χ0v) is 12.9. The van der Waals surface area contributed by atoms with E-state index in [4.69, 9.17) is 12.2 Å². The summed E-state index contributed by atoms with van der Waals surface area (Å²) in [7, 11) is 1.90. The van der Waals surface area contributed by atoms with E-state index in [2.05, 4.69) is 27.8 Å². The van der Waals surface area contributed by atoms with Crippen molar-refractivity contribution in [1.29, 1.82) is 0 Å². The Morgan fingerprint density at radius 1 is 1.30 bits per heavy atom. The lowest BCUT2D eigenvalue weighted by Crippen LogP contribution is -2.34. The molecule has 0 saturated heterocycles. The van der Waals surface area contributed by atoms with Crippen LogP contribution in [0.25, 0.3) is 0 Å². The van der Waals surface area contributed by atoms with E-state index >= 15 is 0 Å². The summed E-state index contributed by atoms with van der Waals surface area (Å²) >= 11 is 5.25. The third-order valence-electron chi connectivity index (χ3n) is 3.01. The molecule has 2 heterocycles. The molecule has 0 amide bonds. The fourth-order valence-corrected chi connectivity index (χ4v) is 2.01. The Morgan fingerprint density at radius 2 is 2.05 bits per heavy atom. The molecule has 0 aliphatic heterocycles. The normalized spacial score (nSPS) is 10.6. The summed E-state index contributed by atoms with van der Waals surface area (Å²) in [5, 5.41) is 15.6. The van der Waals surface area contributed by atoms with Crippen LogP contribution >= 0.6 is 12.2 Å². The van der Waals surface area contributed by atoms with Gasteiger partial charge < -0.3 is 10.6 Å². The fourth-order valence-electron chi connectivity index (χ4n) is 1.86. The molecular formula is C13H20N6S. The maximum absolute atomic E-state index is 5.25. The summed E-state index contributed by atoms with van der Waals surface area (Å²) in [6.45, 7) is 6.26. The summed E-state index contributed by atoms with van der Waals surface area (Å²) in [5.74, 6) is 0. The standard InChI is InChI=1S/C13H20N6S/c1-4-19-9-11(10(2)16-19)7-14-13(20)15-8-12-5-6-18(3)17-12/h5-6,9H,4,7-8H2,1-3H3,(H2,14,15,20). The largest absolute Gasteiger partial charge is 0.359 e. The average molecular weight is 292 g/mol. The van der Waals surface area contributed by atoms with Crippen LogP contribution in [-0.2, 0) is 26.7 Å². The molecule has 0 aliphatic rings. The van der Waals surface area contributed by atoms with Gasteiger partial charge >= 0.3 is 0 Å². The van der Waals surface area contributed by atoms with Crippen LogP contribution in [0.1, 0.15) is 23.9 Å². The van der Waals surface area contributed by atoms with E-state index < -0.39 is 0 Å². The molecule has 0 atom stereocenters. The Morgan fingerprint density at radius 3 is 2.65 bits per heavy atom. The summed E-state index contributed by atoms with van der Waals surface area (Å²) in [4.78, 5) is 0. The molecule has 2 N–H and O–H groups in total. The topological polar surface area (TPSA) is 59.7 Å². The highest BCUT2D eigenvalue weighted by atomic mass is 32.1. The minimum absolute atomic E-state index is 0.624. The van der Waals surface area contributed by atoms with Crippen LogP contribution in [0.2, 0.25) is 0 Å². The molecule has 7 heteroatoms. The van der Waals surface area contributed by atoms with Gasteiger partial charge in [0.2, 0.25) is 0 Å². The van der Waals surface area contributed by atoms with Gasteiger partial charge in [0.15, 0.2) is 5.11 Å². The first kappa shape index (κ1) is 14.5. The molecule has 0 radical (unpaired) electrons. The molecule has 0 saturated carbocycles. The molecule has 0 fully saturated rings. The maximum atomic E-state index is 5.25. The van der Waals surface area contributed by atoms with Crippen LogP contribution in [0.5, 0.6) is 0 Å². The Hall–Kier alpha value is -1.89. The van der Waals surface area contributed by atoms with Gasteiger partial charge in [-0.05, 0) is 32.1 Å². The number of nitrogens with zero attached hydrogens (tertiary/aromatic N) is 4. The second-order valence-electron chi connectivity index (χ2n) is 4.61. The number of aromatic nitrogens is 4. The van der Waals surface area contributed by atoms with Gasteiger partial charge in [0, 0.05) is 38.1 Å². The van der Waals surface area contributed by atoms with Gasteiger partial charge in [-0.25, -0.2) is 0 Å². The summed E-state index contributed by atoms with van der Waals surface area (Å²) < 4.78 is 3.70. The van der Waals surface area contributed by atoms with Crippen molar-refractivity contribution in [3.63, 3.8) is 0 Å². The summed E-state index contributed by atoms with van der Waals surface area (Å²) in [6, 6.07) is 1.96. The molecule has 108 valence electrons. The van der Waals surface area contributed by atoms with E-state index in [-0.39, 0.29) is 0 Å². The Bertz CT molecular complexity index is 585. The van der Waals surface area contributed by atoms with E-state index in [1.54, 1.807) is 4.68 Å². The third-order valence-corrected chi connectivity index (χ3v) is 3.30. The van der Waals surface area contributed by atoms with Gasteiger partial charge in [-0.15, -0.1) is 0 Å². The van der Waals surface area contributed by atoms with Crippen LogP contribution in [0.3, 0.4) is 0 Å². The van der Waals surface area contributed by atoms with Crippen molar-refractivity contribution in [2.24, 2.45) is 7.05 Å². The van der Waals surface area contributed by atoms with Gasteiger partial charge in [-0.1, -0.05) is 0 Å². The number of rotatable bonds is 5. The number of nitrogens with one attached hydrogen (secondary N) is 2. The molecular weight excluding hydrogens is 272 g/mol. The van der Waals surface area contributed by atoms with Gasteiger partial charge in [0.1, 0.15) is 0 Å². The van der Waals surface area contributed by atoms with E-state index in [0.717, 1.165) is 23.5 Å². The second-order valence-corrected chi connectivity index (χ2v) is 5.02. The lowest BCUT2D eigenvalue weighted by atomic mass is 10.3. The van der Waals surface area contributed by atoms with Crippen LogP contribution in [0.4, 0.5) is 0 Å². The molecule has 0 bridgehead atoms. The van der Waals surface area contributed by atoms with Crippen molar-refractivity contribution < 1.29 is 0 Å². The SMILES string of the molecule is CCn1cc(CNC(=S)NCc2ccn(C)n2)c(C)n1. The van der Waals surface area contributed by atoms with Crippen molar-refractivity contribution in [2.45, 2.75) is 33.5 Å². The first-order chi connectivity index (χ1) is 9.58. The van der Waals surface area contributed by atoms with E-state index in [1.165, 1.54) is 0 Å². The number of aryl methyl sites for hydroxylation is 3. The van der Waals surface area contributed by atoms with Crippen LogP contribution in [0, 0.1) is 6.92 Å². The molecule has 0 unspecified atom stereocenters. The molecule has 2 rings (SSSR count). The van der Waals surface area contributed by atoms with E-state index in [1.807, 2.05) is 37.1 Å². The van der Waals surface area contributed by atoms with Gasteiger partial charge in [-0.2, -0.15) is 10.2 Å². The van der Waals surface area contributed by atoms with Crippen molar-refractivity contribution in [2.75, 3.05) is 0 Å². The van der Waals surface area contributed by atoms with Crippen molar-refractivity contribution in [3.8, 4) is 0 Å². The highest BCUT2D eigenvalue weighted by Gasteiger charge is 2.05. The molecule has 20 heavy (non-hydrogen) atoms. The summed E-state index contributed by atoms with van der Waals surface area (Å²) in [5.41, 5.74) is 3.16. The first-order valence-electron chi connectivity index (χ1n) is 6.61. The number of hydrogen-bond acceptors (Lipinski definition) is 3. The smallest absolute Gasteiger partial charge is 0.166 e. The predicted molar refractivity (Wildman–Crippen MR) is 82.1 cm³/mol. The zero-order chi connectivity index (χ0) is 14.5. The number of hydrogen-bond donors (Lipinski definition) is 2. The van der Waals surface area contributed by atoms with Gasteiger partial charge in [-0.3, -0.25) is 9.36 Å². The van der Waals surface area contributed by atoms with Crippen LogP contribution in [0.15, 0.2) is 18.5 Å². The van der Waals surface area contributed by atoms with Crippen LogP contribution in [-0.4, -0.2) is 24.7 Å². The van der Waals surface area contributed by atoms with E-state index in [9.17, 15) is 0 Å². The minimum atomic E-state index is 0.624. The van der Waals surface area contributed by atoms with Crippen molar-refractivity contribution in [1.82, 2.24) is 30.2 Å². The monoisotopic (exact) mass is 292 g/mol. The Labute approximate surface area is 124 Å². The lowest BCUT2D eigenvalue weighted by molar-refractivity contribution is 0.653. The highest BCUT2D eigenvalue weighted by Crippen LogP contribution is 2.04. The van der Waals surface area contributed by atoms with Crippen molar-refractivity contribution in [3.05, 3.63) is 35.4 Å². The Balaban J connectivity index is 1.78. The molecule has 2 aromatic rings. The zero-order valence-electron chi connectivity index (χ0n) is 12.1. The molecule has 0 aromatic carbocycles. The molecule has 6 nitrogen and oxygen atoms in total. The number of thiocarbonyl (C=S) groups is 1. The maximum Gasteiger partial charge on any atom is 0.166 e. The Kier molecular flexibility index (Phi) is 4.73. The quantitative estimate of drug-likeness (QED) is 0.809. The fraction of sp³-hybridized carbons (Fsp3) is 0.462. The van der Waals surface area contributed by atoms with Gasteiger partial charge in [0.05, 0.1) is 17.9 Å². The molecule has 0 spiro atoms. The van der Waals surface area contributed by atoms with Crippen LogP contribution < -0.4 is 10.6 Å². The average Bonchev–Trinajstić information content (AvgIpc) is 3.00. The third kappa shape index (κ3) is 3.80. The predicted octanol–water partition coefficient (Wildman–Crippen LogP) is 1.11.